The van der Waals surface area contributed by atoms with E-state index in [1.54, 1.807) is 0 Å². The van der Waals surface area contributed by atoms with E-state index in [1.807, 2.05) is 72.8 Å². The van der Waals surface area contributed by atoms with Gasteiger partial charge in [0.1, 0.15) is 5.82 Å². The maximum absolute atomic E-state index is 12.6. The summed E-state index contributed by atoms with van der Waals surface area (Å²) in [7, 11) is 0. The summed E-state index contributed by atoms with van der Waals surface area (Å²) in [4.78, 5) is 17.5. The maximum atomic E-state index is 12.6. The Labute approximate surface area is 165 Å². The van der Waals surface area contributed by atoms with E-state index in [9.17, 15) is 4.79 Å². The molecule has 0 saturated carbocycles. The van der Waals surface area contributed by atoms with E-state index >= 15 is 0 Å². The number of Topliss-reactive ketones (excluding diaryl/α,β-unsaturated/α-hetero) is 1. The summed E-state index contributed by atoms with van der Waals surface area (Å²) in [6, 6.07) is 27.7. The van der Waals surface area contributed by atoms with Crippen LogP contribution < -0.4 is 0 Å². The van der Waals surface area contributed by atoms with E-state index in [1.165, 1.54) is 0 Å². The number of carbonyl (C=O) groups excluding carboxylic acids is 1. The molecule has 0 aliphatic carbocycles. The topological polar surface area (TPSA) is 34.9 Å². The molecule has 0 aliphatic rings. The van der Waals surface area contributed by atoms with Gasteiger partial charge >= 0.3 is 0 Å². The third-order valence-corrected chi connectivity index (χ3v) is 4.99. The molecule has 28 heavy (non-hydrogen) atoms. The molecule has 138 valence electrons. The van der Waals surface area contributed by atoms with Gasteiger partial charge in [0.2, 0.25) is 0 Å². The van der Waals surface area contributed by atoms with Crippen LogP contribution in [0.3, 0.4) is 0 Å². The van der Waals surface area contributed by atoms with Gasteiger partial charge in [0.25, 0.3) is 0 Å². The number of fused-ring (bicyclic) bond motifs is 1. The number of allylic oxidation sites excluding steroid dienone is 1. The smallest absolute Gasteiger partial charge is 0.162 e. The second kappa shape index (κ2) is 8.05. The summed E-state index contributed by atoms with van der Waals surface area (Å²) in [5, 5.41) is 0. The Morgan fingerprint density at radius 3 is 2.29 bits per heavy atom. The SMILES string of the molecule is C=CC(CCC(=O)c1ccccc1)n1c(-c2ccccc2)nc2ccccc21. The zero-order valence-corrected chi connectivity index (χ0v) is 15.7. The second-order valence-corrected chi connectivity index (χ2v) is 6.79. The molecule has 0 fully saturated rings. The predicted octanol–water partition coefficient (Wildman–Crippen LogP) is 6.09. The number of rotatable bonds is 7. The lowest BCUT2D eigenvalue weighted by molar-refractivity contribution is 0.0976. The molecule has 3 aromatic carbocycles. The first-order valence-corrected chi connectivity index (χ1v) is 9.51. The van der Waals surface area contributed by atoms with Crippen molar-refractivity contribution in [3.05, 3.63) is 103 Å². The van der Waals surface area contributed by atoms with E-state index in [2.05, 4.69) is 29.3 Å². The number of carbonyl (C=O) groups is 1. The van der Waals surface area contributed by atoms with Crippen LogP contribution in [-0.2, 0) is 0 Å². The van der Waals surface area contributed by atoms with Gasteiger partial charge in [0.15, 0.2) is 5.78 Å². The highest BCUT2D eigenvalue weighted by Gasteiger charge is 2.19. The van der Waals surface area contributed by atoms with Gasteiger partial charge in [-0.3, -0.25) is 4.79 Å². The minimum absolute atomic E-state index is 0.0183. The van der Waals surface area contributed by atoms with E-state index in [4.69, 9.17) is 4.98 Å². The fourth-order valence-corrected chi connectivity index (χ4v) is 3.57. The van der Waals surface area contributed by atoms with E-state index in [0.717, 1.165) is 28.0 Å². The van der Waals surface area contributed by atoms with Crippen molar-refractivity contribution in [3.8, 4) is 11.4 Å². The Bertz CT molecular complexity index is 1100. The highest BCUT2D eigenvalue weighted by atomic mass is 16.1. The third-order valence-electron chi connectivity index (χ3n) is 4.99. The molecule has 0 saturated heterocycles. The normalized spacial score (nSPS) is 12.0. The zero-order chi connectivity index (χ0) is 19.3. The molecule has 0 aliphatic heterocycles. The monoisotopic (exact) mass is 366 g/mol. The fourth-order valence-electron chi connectivity index (χ4n) is 3.57. The van der Waals surface area contributed by atoms with Gasteiger partial charge in [0, 0.05) is 17.5 Å². The molecule has 4 aromatic rings. The van der Waals surface area contributed by atoms with Crippen LogP contribution in [0, 0.1) is 0 Å². The molecule has 0 spiro atoms. The highest BCUT2D eigenvalue weighted by molar-refractivity contribution is 5.96. The minimum Gasteiger partial charge on any atom is -0.317 e. The van der Waals surface area contributed by atoms with Crippen LogP contribution in [0.1, 0.15) is 29.2 Å². The molecule has 1 atom stereocenters. The summed E-state index contributed by atoms with van der Waals surface area (Å²) in [6.07, 6.45) is 3.05. The van der Waals surface area contributed by atoms with Crippen molar-refractivity contribution < 1.29 is 4.79 Å². The van der Waals surface area contributed by atoms with Gasteiger partial charge in [-0.15, -0.1) is 6.58 Å². The number of hydrogen-bond acceptors (Lipinski definition) is 2. The Balaban J connectivity index is 1.69. The molecule has 0 amide bonds. The number of hydrogen-bond donors (Lipinski definition) is 0. The summed E-state index contributed by atoms with van der Waals surface area (Å²) < 4.78 is 2.20. The molecule has 1 unspecified atom stereocenters. The minimum atomic E-state index is -0.0183. The van der Waals surface area contributed by atoms with E-state index < -0.39 is 0 Å². The molecule has 3 nitrogen and oxygen atoms in total. The van der Waals surface area contributed by atoms with Crippen LogP contribution in [0.15, 0.2) is 97.6 Å². The van der Waals surface area contributed by atoms with Gasteiger partial charge in [0.05, 0.1) is 17.1 Å². The molecule has 1 heterocycles. The standard InChI is InChI=1S/C25H22N2O/c1-2-21(17-18-24(28)19-11-5-3-6-12-19)27-23-16-10-9-15-22(23)26-25(27)20-13-7-4-8-14-20/h2-16,21H,1,17-18H2. The lowest BCUT2D eigenvalue weighted by Gasteiger charge is -2.18. The lowest BCUT2D eigenvalue weighted by atomic mass is 10.0. The zero-order valence-electron chi connectivity index (χ0n) is 15.7. The number of nitrogens with zero attached hydrogens (tertiary/aromatic N) is 2. The van der Waals surface area contributed by atoms with Crippen LogP contribution in [0.2, 0.25) is 0 Å². The number of benzene rings is 3. The fraction of sp³-hybridized carbons (Fsp3) is 0.120. The lowest BCUT2D eigenvalue weighted by Crippen LogP contribution is -2.11. The summed E-state index contributed by atoms with van der Waals surface area (Å²) in [6.45, 7) is 4.05. The van der Waals surface area contributed by atoms with Crippen LogP contribution in [0.4, 0.5) is 0 Å². The largest absolute Gasteiger partial charge is 0.317 e. The number of aromatic nitrogens is 2. The molecular formula is C25H22N2O. The number of imidazole rings is 1. The van der Waals surface area contributed by atoms with Crippen molar-refractivity contribution in [3.63, 3.8) is 0 Å². The Morgan fingerprint density at radius 1 is 0.929 bits per heavy atom. The average Bonchev–Trinajstić information content (AvgIpc) is 3.15. The maximum Gasteiger partial charge on any atom is 0.162 e. The third kappa shape index (κ3) is 3.52. The van der Waals surface area contributed by atoms with Crippen molar-refractivity contribution in [1.29, 1.82) is 0 Å². The number of ketones is 1. The van der Waals surface area contributed by atoms with Gasteiger partial charge < -0.3 is 4.57 Å². The highest BCUT2D eigenvalue weighted by Crippen LogP contribution is 2.31. The predicted molar refractivity (Wildman–Crippen MR) is 114 cm³/mol. The van der Waals surface area contributed by atoms with E-state index in [-0.39, 0.29) is 11.8 Å². The van der Waals surface area contributed by atoms with Crippen molar-refractivity contribution in [1.82, 2.24) is 9.55 Å². The molecule has 0 radical (unpaired) electrons. The quantitative estimate of drug-likeness (QED) is 0.293. The molecular weight excluding hydrogens is 344 g/mol. The molecule has 0 bridgehead atoms. The van der Waals surface area contributed by atoms with Crippen LogP contribution in [0.25, 0.3) is 22.4 Å². The molecule has 1 aromatic heterocycles. The summed E-state index contributed by atoms with van der Waals surface area (Å²) >= 11 is 0. The van der Waals surface area contributed by atoms with Crippen LogP contribution in [-0.4, -0.2) is 15.3 Å². The van der Waals surface area contributed by atoms with E-state index in [0.29, 0.717) is 12.8 Å². The van der Waals surface area contributed by atoms with Gasteiger partial charge in [-0.05, 0) is 18.6 Å². The van der Waals surface area contributed by atoms with Crippen LogP contribution >= 0.6 is 0 Å². The summed E-state index contributed by atoms with van der Waals surface area (Å²) in [5.74, 6) is 1.05. The molecule has 3 heteroatoms. The van der Waals surface area contributed by atoms with Crippen molar-refractivity contribution in [2.24, 2.45) is 0 Å². The Kier molecular flexibility index (Phi) is 5.16. The average molecular weight is 366 g/mol. The van der Waals surface area contributed by atoms with Crippen molar-refractivity contribution in [2.45, 2.75) is 18.9 Å². The van der Waals surface area contributed by atoms with Crippen molar-refractivity contribution >= 4 is 16.8 Å². The molecule has 4 rings (SSSR count). The van der Waals surface area contributed by atoms with Crippen molar-refractivity contribution in [2.75, 3.05) is 0 Å². The van der Waals surface area contributed by atoms with Gasteiger partial charge in [-0.2, -0.15) is 0 Å². The van der Waals surface area contributed by atoms with Gasteiger partial charge in [-0.25, -0.2) is 4.98 Å². The van der Waals surface area contributed by atoms with Crippen LogP contribution in [0.5, 0.6) is 0 Å². The Morgan fingerprint density at radius 2 is 1.57 bits per heavy atom. The summed E-state index contributed by atoms with van der Waals surface area (Å²) in [5.41, 5.74) is 3.81. The second-order valence-electron chi connectivity index (χ2n) is 6.79. The number of para-hydroxylation sites is 2. The Hall–Kier alpha value is -3.46. The first kappa shape index (κ1) is 17.9. The first-order chi connectivity index (χ1) is 13.8. The molecule has 0 N–H and O–H groups in total. The van der Waals surface area contributed by atoms with Gasteiger partial charge in [-0.1, -0.05) is 78.9 Å². The first-order valence-electron chi connectivity index (χ1n) is 9.51.